The predicted octanol–water partition coefficient (Wildman–Crippen LogP) is 2.31. The van der Waals surface area contributed by atoms with Crippen LogP contribution in [0.4, 0.5) is 0 Å². The van der Waals surface area contributed by atoms with Crippen LogP contribution in [0.1, 0.15) is 47.5 Å². The van der Waals surface area contributed by atoms with E-state index in [2.05, 4.69) is 32.6 Å². The summed E-state index contributed by atoms with van der Waals surface area (Å²) < 4.78 is 5.74. The lowest BCUT2D eigenvalue weighted by Crippen LogP contribution is -2.76. The summed E-state index contributed by atoms with van der Waals surface area (Å²) in [7, 11) is 0. The van der Waals surface area contributed by atoms with Crippen LogP contribution < -0.4 is 5.73 Å². The number of halogens is 2. The molecule has 3 atom stereocenters. The van der Waals surface area contributed by atoms with Gasteiger partial charge in [-0.1, -0.05) is 27.7 Å². The highest BCUT2D eigenvalue weighted by molar-refractivity contribution is 5.89. The van der Waals surface area contributed by atoms with Crippen LogP contribution in [0.2, 0.25) is 0 Å². The topological polar surface area (TPSA) is 58.8 Å². The minimum atomic E-state index is -0.773. The molecular weight excluding hydrogens is 349 g/mol. The highest BCUT2D eigenvalue weighted by Crippen LogP contribution is 2.50. The molecule has 5 nitrogen and oxygen atoms in total. The molecule has 2 N–H and O–H groups in total. The minimum absolute atomic E-state index is 0. The van der Waals surface area contributed by atoms with Gasteiger partial charge in [-0.3, -0.25) is 9.69 Å². The second-order valence-corrected chi connectivity index (χ2v) is 7.26. The maximum absolute atomic E-state index is 13.0. The van der Waals surface area contributed by atoms with Gasteiger partial charge in [0, 0.05) is 37.6 Å². The Labute approximate surface area is 159 Å². The smallest absolute Gasteiger partial charge is 0.243 e. The monoisotopic (exact) mass is 383 g/mol. The first-order valence-corrected chi connectivity index (χ1v) is 8.75. The summed E-state index contributed by atoms with van der Waals surface area (Å²) in [5.74, 6) is 0.114. The van der Waals surface area contributed by atoms with Crippen LogP contribution in [-0.4, -0.2) is 66.2 Å². The molecule has 1 saturated heterocycles. The van der Waals surface area contributed by atoms with Crippen molar-refractivity contribution in [1.29, 1.82) is 0 Å². The van der Waals surface area contributed by atoms with E-state index < -0.39 is 5.54 Å². The SMILES string of the molecule is CCOC1CC(N)(C(=O)N2CCC(N(CC)CC)C2)C1(C)C.Cl.Cl. The van der Waals surface area contributed by atoms with Crippen molar-refractivity contribution in [2.24, 2.45) is 11.1 Å². The van der Waals surface area contributed by atoms with E-state index in [-0.39, 0.29) is 42.2 Å². The van der Waals surface area contributed by atoms with Crippen LogP contribution in [0, 0.1) is 5.41 Å². The minimum Gasteiger partial charge on any atom is -0.378 e. The zero-order valence-electron chi connectivity index (χ0n) is 15.7. The van der Waals surface area contributed by atoms with Gasteiger partial charge in [0.1, 0.15) is 5.54 Å². The molecule has 2 aliphatic rings. The van der Waals surface area contributed by atoms with E-state index in [1.54, 1.807) is 0 Å². The van der Waals surface area contributed by atoms with Crippen molar-refractivity contribution >= 4 is 30.7 Å². The third-order valence-electron chi connectivity index (χ3n) is 5.99. The zero-order chi connectivity index (χ0) is 16.5. The number of nitrogens with zero attached hydrogens (tertiary/aromatic N) is 2. The van der Waals surface area contributed by atoms with E-state index in [9.17, 15) is 4.79 Å². The lowest BCUT2D eigenvalue weighted by molar-refractivity contribution is -0.178. The van der Waals surface area contributed by atoms with Crippen molar-refractivity contribution in [3.05, 3.63) is 0 Å². The number of amides is 1. The number of rotatable bonds is 6. The molecule has 2 rings (SSSR count). The van der Waals surface area contributed by atoms with Crippen LogP contribution in [0.25, 0.3) is 0 Å². The maximum atomic E-state index is 13.0. The van der Waals surface area contributed by atoms with Gasteiger partial charge < -0.3 is 15.4 Å². The third-order valence-corrected chi connectivity index (χ3v) is 5.99. The van der Waals surface area contributed by atoms with E-state index in [1.165, 1.54) is 0 Å². The molecule has 0 aromatic rings. The first-order valence-electron chi connectivity index (χ1n) is 8.75. The molecule has 1 heterocycles. The number of ether oxygens (including phenoxy) is 1. The van der Waals surface area contributed by atoms with Crippen LogP contribution in [-0.2, 0) is 9.53 Å². The number of likely N-dealkylation sites (N-methyl/N-ethyl adjacent to an activating group) is 1. The highest BCUT2D eigenvalue weighted by Gasteiger charge is 2.64. The zero-order valence-corrected chi connectivity index (χ0v) is 17.3. The largest absolute Gasteiger partial charge is 0.378 e. The number of carbonyl (C=O) groups is 1. The van der Waals surface area contributed by atoms with E-state index in [0.29, 0.717) is 19.1 Å². The van der Waals surface area contributed by atoms with Crippen molar-refractivity contribution in [1.82, 2.24) is 9.80 Å². The summed E-state index contributed by atoms with van der Waals surface area (Å²) in [5.41, 5.74) is 5.46. The number of likely N-dealkylation sites (tertiary alicyclic amines) is 1. The molecule has 1 aliphatic heterocycles. The van der Waals surface area contributed by atoms with Gasteiger partial charge in [0.15, 0.2) is 0 Å². The summed E-state index contributed by atoms with van der Waals surface area (Å²) in [6, 6.07) is 0.480. The Kier molecular flexibility index (Phi) is 9.01. The fourth-order valence-corrected chi connectivity index (χ4v) is 4.04. The van der Waals surface area contributed by atoms with Crippen molar-refractivity contribution < 1.29 is 9.53 Å². The van der Waals surface area contributed by atoms with Crippen LogP contribution >= 0.6 is 24.8 Å². The molecule has 0 aromatic carbocycles. The average molecular weight is 384 g/mol. The molecule has 2 fully saturated rings. The summed E-state index contributed by atoms with van der Waals surface area (Å²) in [6.45, 7) is 14.9. The molecule has 24 heavy (non-hydrogen) atoms. The van der Waals surface area contributed by atoms with E-state index in [4.69, 9.17) is 10.5 Å². The molecule has 1 aliphatic carbocycles. The predicted molar refractivity (Wildman–Crippen MR) is 103 cm³/mol. The lowest BCUT2D eigenvalue weighted by Gasteiger charge is -2.58. The molecule has 144 valence electrons. The summed E-state index contributed by atoms with van der Waals surface area (Å²) in [4.78, 5) is 17.4. The first-order chi connectivity index (χ1) is 10.3. The Balaban J connectivity index is 0.00000264. The van der Waals surface area contributed by atoms with Gasteiger partial charge in [-0.25, -0.2) is 0 Å². The van der Waals surface area contributed by atoms with Gasteiger partial charge in [0.2, 0.25) is 5.91 Å². The Morgan fingerprint density at radius 2 is 1.83 bits per heavy atom. The lowest BCUT2D eigenvalue weighted by atomic mass is 9.54. The molecule has 0 aromatic heterocycles. The molecular formula is C17H35Cl2N3O2. The fourth-order valence-electron chi connectivity index (χ4n) is 4.04. The molecule has 1 saturated carbocycles. The standard InChI is InChI=1S/C17H33N3O2.2ClH/c1-6-19(7-2)13-9-10-20(12-13)15(21)17(18)11-14(22-8-3)16(17,4)5;;/h13-14H,6-12,18H2,1-5H3;2*1H. The Morgan fingerprint density at radius 1 is 1.25 bits per heavy atom. The molecule has 0 radical (unpaired) electrons. The van der Waals surface area contributed by atoms with Crippen molar-refractivity contribution in [3.8, 4) is 0 Å². The normalized spacial score (nSPS) is 31.2. The van der Waals surface area contributed by atoms with E-state index in [0.717, 1.165) is 32.6 Å². The molecule has 0 bridgehead atoms. The van der Waals surface area contributed by atoms with Gasteiger partial charge >= 0.3 is 0 Å². The Morgan fingerprint density at radius 3 is 2.29 bits per heavy atom. The number of nitrogens with two attached hydrogens (primary N) is 1. The molecule has 3 unspecified atom stereocenters. The summed E-state index contributed by atoms with van der Waals surface area (Å²) in [6.07, 6.45) is 1.78. The van der Waals surface area contributed by atoms with Crippen LogP contribution in [0.5, 0.6) is 0 Å². The van der Waals surface area contributed by atoms with Crippen LogP contribution in [0.3, 0.4) is 0 Å². The maximum Gasteiger partial charge on any atom is 0.243 e. The van der Waals surface area contributed by atoms with Gasteiger partial charge in [-0.05, 0) is 26.4 Å². The molecule has 0 spiro atoms. The quantitative estimate of drug-likeness (QED) is 0.764. The third kappa shape index (κ3) is 3.85. The number of hydrogen-bond donors (Lipinski definition) is 1. The van der Waals surface area contributed by atoms with E-state index >= 15 is 0 Å². The summed E-state index contributed by atoms with van der Waals surface area (Å²) >= 11 is 0. The van der Waals surface area contributed by atoms with Gasteiger partial charge in [-0.2, -0.15) is 0 Å². The second kappa shape index (κ2) is 9.04. The summed E-state index contributed by atoms with van der Waals surface area (Å²) in [5, 5.41) is 0. The van der Waals surface area contributed by atoms with E-state index in [1.807, 2.05) is 11.8 Å². The Hall–Kier alpha value is -0.0700. The second-order valence-electron chi connectivity index (χ2n) is 7.26. The average Bonchev–Trinajstić information content (AvgIpc) is 2.97. The van der Waals surface area contributed by atoms with Gasteiger partial charge in [0.05, 0.1) is 6.10 Å². The number of hydrogen-bond acceptors (Lipinski definition) is 4. The first kappa shape index (κ1) is 23.9. The van der Waals surface area contributed by atoms with Gasteiger partial charge in [-0.15, -0.1) is 24.8 Å². The highest BCUT2D eigenvalue weighted by atomic mass is 35.5. The number of carbonyl (C=O) groups excluding carboxylic acids is 1. The Bertz CT molecular complexity index is 419. The molecule has 7 heteroatoms. The molecule has 1 amide bonds. The van der Waals surface area contributed by atoms with Crippen molar-refractivity contribution in [2.45, 2.75) is 65.1 Å². The van der Waals surface area contributed by atoms with Gasteiger partial charge in [0.25, 0.3) is 0 Å². The fraction of sp³-hybridized carbons (Fsp3) is 0.941. The van der Waals surface area contributed by atoms with Crippen LogP contribution in [0.15, 0.2) is 0 Å². The van der Waals surface area contributed by atoms with Crippen molar-refractivity contribution in [2.75, 3.05) is 32.8 Å². The van der Waals surface area contributed by atoms with Crippen molar-refractivity contribution in [3.63, 3.8) is 0 Å².